The van der Waals surface area contributed by atoms with E-state index in [1.807, 2.05) is 0 Å². The fourth-order valence-electron chi connectivity index (χ4n) is 6.73. The summed E-state index contributed by atoms with van der Waals surface area (Å²) < 4.78 is 0. The Kier molecular flexibility index (Phi) is 7.11. The minimum absolute atomic E-state index is 1.26. The zero-order valence-electron chi connectivity index (χ0n) is 26.2. The van der Waals surface area contributed by atoms with E-state index in [9.17, 15) is 0 Å². The molecule has 0 aromatic heterocycles. The lowest BCUT2D eigenvalue weighted by Crippen LogP contribution is -1.95. The van der Waals surface area contributed by atoms with Crippen LogP contribution in [-0.2, 0) is 0 Å². The van der Waals surface area contributed by atoms with Crippen LogP contribution in [0.4, 0.5) is 0 Å². The molecule has 6 aromatic carbocycles. The van der Waals surface area contributed by atoms with Crippen molar-refractivity contribution in [3.05, 3.63) is 142 Å². The molecule has 0 spiro atoms. The monoisotopic (exact) mass is 544 g/mol. The Morgan fingerprint density at radius 2 is 0.548 bits per heavy atom. The van der Waals surface area contributed by atoms with Crippen LogP contribution in [0.2, 0.25) is 0 Å². The maximum atomic E-state index is 2.43. The molecule has 0 unspecified atom stereocenters. The van der Waals surface area contributed by atoms with Crippen molar-refractivity contribution in [1.29, 1.82) is 0 Å². The first-order chi connectivity index (χ1) is 20.1. The molecule has 0 saturated heterocycles. The Morgan fingerprint density at radius 3 is 0.833 bits per heavy atom. The van der Waals surface area contributed by atoms with E-state index in [1.54, 1.807) is 0 Å². The van der Waals surface area contributed by atoms with Gasteiger partial charge in [-0.1, -0.05) is 95.1 Å². The summed E-state index contributed by atoms with van der Waals surface area (Å²) in [6, 6.07) is 37.1. The normalized spacial score (nSPS) is 11.3. The fraction of sp³-hybridized carbons (Fsp3) is 0.190. The first-order valence-electron chi connectivity index (χ1n) is 15.0. The first kappa shape index (κ1) is 27.7. The van der Waals surface area contributed by atoms with Crippen LogP contribution >= 0.6 is 0 Å². The zero-order valence-corrected chi connectivity index (χ0v) is 26.2. The molecule has 0 amide bonds. The van der Waals surface area contributed by atoms with E-state index < -0.39 is 0 Å². The highest BCUT2D eigenvalue weighted by atomic mass is 14.2. The Bertz CT molecular complexity index is 1850. The third-order valence-corrected chi connectivity index (χ3v) is 8.80. The van der Waals surface area contributed by atoms with Gasteiger partial charge in [0, 0.05) is 0 Å². The van der Waals surface area contributed by atoms with Crippen LogP contribution in [0.3, 0.4) is 0 Å². The molecule has 0 nitrogen and oxygen atoms in total. The summed E-state index contributed by atoms with van der Waals surface area (Å²) in [6.07, 6.45) is 0. The molecule has 0 aliphatic rings. The highest BCUT2D eigenvalue weighted by Gasteiger charge is 2.18. The third-order valence-electron chi connectivity index (χ3n) is 8.80. The van der Waals surface area contributed by atoms with E-state index in [2.05, 4.69) is 152 Å². The lowest BCUT2D eigenvalue weighted by molar-refractivity contribution is 1.37. The van der Waals surface area contributed by atoms with Gasteiger partial charge < -0.3 is 0 Å². The van der Waals surface area contributed by atoms with Crippen molar-refractivity contribution in [2.24, 2.45) is 0 Å². The second kappa shape index (κ2) is 10.8. The molecule has 42 heavy (non-hydrogen) atoms. The molecule has 0 fully saturated rings. The summed E-state index contributed by atoms with van der Waals surface area (Å²) in [7, 11) is 0. The zero-order chi connectivity index (χ0) is 29.7. The highest BCUT2D eigenvalue weighted by Crippen LogP contribution is 2.44. The van der Waals surface area contributed by atoms with Crippen LogP contribution in [0.25, 0.3) is 55.3 Å². The summed E-state index contributed by atoms with van der Waals surface area (Å²) in [6.45, 7) is 17.7. The van der Waals surface area contributed by atoms with E-state index in [4.69, 9.17) is 0 Å². The lowest BCUT2D eigenvalue weighted by atomic mass is 9.84. The predicted molar refractivity (Wildman–Crippen MR) is 184 cm³/mol. The number of hydrogen-bond acceptors (Lipinski definition) is 0. The summed E-state index contributed by atoms with van der Waals surface area (Å²) in [5, 5.41) is 2.59. The maximum Gasteiger partial charge on any atom is -0.00925 e. The van der Waals surface area contributed by atoms with E-state index in [1.165, 1.54) is 99.8 Å². The van der Waals surface area contributed by atoms with Gasteiger partial charge in [0.25, 0.3) is 0 Å². The van der Waals surface area contributed by atoms with Gasteiger partial charge in [0.15, 0.2) is 0 Å². The smallest absolute Gasteiger partial charge is 0.00925 e. The molecule has 6 rings (SSSR count). The molecule has 0 saturated carbocycles. The SMILES string of the molecule is Cc1ccc(-c2cc(-c3ccc(C)cc3C)c3cc(-c4ccc(C)cc4C)cc(-c4ccc(C)cc4C)c3c2)c(C)c1. The third kappa shape index (κ3) is 5.07. The topological polar surface area (TPSA) is 0 Å². The van der Waals surface area contributed by atoms with Gasteiger partial charge >= 0.3 is 0 Å². The summed E-state index contributed by atoms with van der Waals surface area (Å²) in [4.78, 5) is 0. The van der Waals surface area contributed by atoms with Crippen molar-refractivity contribution in [2.75, 3.05) is 0 Å². The Morgan fingerprint density at radius 1 is 0.262 bits per heavy atom. The van der Waals surface area contributed by atoms with Gasteiger partial charge in [-0.25, -0.2) is 0 Å². The standard InChI is InChI=1S/C42H40/c1-25-9-13-35(29(5)17-25)33-21-39(37-15-11-27(3)19-31(37)7)42-24-34(36-14-10-26(2)18-30(36)6)22-40(41(42)23-33)38-16-12-28(4)20-32(38)8/h9-24H,1-8H3. The van der Waals surface area contributed by atoms with Crippen molar-refractivity contribution < 1.29 is 0 Å². The van der Waals surface area contributed by atoms with Crippen LogP contribution < -0.4 is 0 Å². The van der Waals surface area contributed by atoms with Crippen LogP contribution in [0.1, 0.15) is 44.5 Å². The fourth-order valence-corrected chi connectivity index (χ4v) is 6.73. The summed E-state index contributed by atoms with van der Waals surface area (Å²) >= 11 is 0. The molecule has 0 N–H and O–H groups in total. The van der Waals surface area contributed by atoms with Crippen molar-refractivity contribution >= 4 is 10.8 Å². The molecule has 208 valence electrons. The molecule has 0 aliphatic carbocycles. The van der Waals surface area contributed by atoms with Crippen molar-refractivity contribution in [1.82, 2.24) is 0 Å². The van der Waals surface area contributed by atoms with Gasteiger partial charge in [-0.15, -0.1) is 0 Å². The Balaban J connectivity index is 1.78. The van der Waals surface area contributed by atoms with E-state index in [-0.39, 0.29) is 0 Å². The molecular weight excluding hydrogens is 504 g/mol. The van der Waals surface area contributed by atoms with E-state index in [0.29, 0.717) is 0 Å². The molecule has 6 aromatic rings. The van der Waals surface area contributed by atoms with Crippen LogP contribution in [0, 0.1) is 55.4 Å². The minimum Gasteiger partial charge on any atom is -0.0587 e. The quantitative estimate of drug-likeness (QED) is 0.207. The molecule has 0 radical (unpaired) electrons. The van der Waals surface area contributed by atoms with Crippen LogP contribution in [0.15, 0.2) is 97.1 Å². The Labute approximate surface area is 251 Å². The van der Waals surface area contributed by atoms with Crippen LogP contribution in [-0.4, -0.2) is 0 Å². The first-order valence-corrected chi connectivity index (χ1v) is 15.0. The molecule has 0 aliphatic heterocycles. The minimum atomic E-state index is 1.26. The Hall–Kier alpha value is -4.42. The molecule has 0 bridgehead atoms. The van der Waals surface area contributed by atoms with Gasteiger partial charge in [0.2, 0.25) is 0 Å². The predicted octanol–water partition coefficient (Wildman–Crippen LogP) is 12.0. The molecule has 0 atom stereocenters. The largest absolute Gasteiger partial charge is 0.0587 e. The van der Waals surface area contributed by atoms with E-state index in [0.717, 1.165) is 0 Å². The van der Waals surface area contributed by atoms with Gasteiger partial charge in [0.05, 0.1) is 0 Å². The number of aryl methyl sites for hydroxylation is 8. The van der Waals surface area contributed by atoms with Crippen molar-refractivity contribution in [2.45, 2.75) is 55.4 Å². The lowest BCUT2D eigenvalue weighted by Gasteiger charge is -2.20. The number of hydrogen-bond donors (Lipinski definition) is 0. The van der Waals surface area contributed by atoms with Gasteiger partial charge in [-0.3, -0.25) is 0 Å². The number of rotatable bonds is 4. The maximum absolute atomic E-state index is 2.43. The summed E-state index contributed by atoms with van der Waals surface area (Å²) in [5.74, 6) is 0. The average Bonchev–Trinajstić information content (AvgIpc) is 2.92. The average molecular weight is 545 g/mol. The van der Waals surface area contributed by atoms with Crippen molar-refractivity contribution in [3.8, 4) is 44.5 Å². The molecular formula is C42H40. The number of benzene rings is 6. The van der Waals surface area contributed by atoms with E-state index >= 15 is 0 Å². The summed E-state index contributed by atoms with van der Waals surface area (Å²) in [5.41, 5.74) is 20.7. The van der Waals surface area contributed by atoms with Crippen molar-refractivity contribution in [3.63, 3.8) is 0 Å². The molecule has 0 heterocycles. The second-order valence-electron chi connectivity index (χ2n) is 12.4. The second-order valence-corrected chi connectivity index (χ2v) is 12.4. The van der Waals surface area contributed by atoms with Gasteiger partial charge in [-0.2, -0.15) is 0 Å². The molecule has 0 heteroatoms. The highest BCUT2D eigenvalue weighted by molar-refractivity contribution is 6.09. The van der Waals surface area contributed by atoms with Gasteiger partial charge in [0.1, 0.15) is 0 Å². The number of fused-ring (bicyclic) bond motifs is 1. The van der Waals surface area contributed by atoms with Gasteiger partial charge in [-0.05, 0) is 157 Å². The van der Waals surface area contributed by atoms with Crippen LogP contribution in [0.5, 0.6) is 0 Å².